The molecule has 1 aliphatic carbocycles. The van der Waals surface area contributed by atoms with Gasteiger partial charge in [0.1, 0.15) is 6.10 Å². The molecule has 2 fully saturated rings. The quantitative estimate of drug-likeness (QED) is 0.813. The summed E-state index contributed by atoms with van der Waals surface area (Å²) in [4.78, 5) is 18.5. The number of hydrogen-bond acceptors (Lipinski definition) is 3. The largest absolute Gasteiger partial charge is 0.368 e. The number of hydrogen-bond donors (Lipinski definition) is 0. The summed E-state index contributed by atoms with van der Waals surface area (Å²) in [6.07, 6.45) is 7.50. The molecule has 96 valence electrons. The standard InChI is InChI=1S/C14H18N2O2/c17-14(13-4-2-8-18-13)16(12-5-6-12)10-11-3-1-7-15-9-11/h1,3,7,9,12-13H,2,4-6,8,10H2. The Labute approximate surface area is 107 Å². The number of rotatable bonds is 4. The molecule has 0 spiro atoms. The molecule has 1 saturated heterocycles. The molecule has 1 aromatic heterocycles. The third kappa shape index (κ3) is 2.53. The van der Waals surface area contributed by atoms with Crippen LogP contribution in [0, 0.1) is 0 Å². The molecular formula is C14H18N2O2. The molecule has 4 nitrogen and oxygen atoms in total. The zero-order chi connectivity index (χ0) is 12.4. The van der Waals surface area contributed by atoms with Crippen LogP contribution in [0.25, 0.3) is 0 Å². The van der Waals surface area contributed by atoms with E-state index in [2.05, 4.69) is 4.98 Å². The Morgan fingerprint density at radius 1 is 1.44 bits per heavy atom. The SMILES string of the molecule is O=C(C1CCCO1)N(Cc1cccnc1)C1CC1. The van der Waals surface area contributed by atoms with Gasteiger partial charge in [0.25, 0.3) is 5.91 Å². The average Bonchev–Trinajstić information content (AvgIpc) is 3.10. The lowest BCUT2D eigenvalue weighted by molar-refractivity contribution is -0.142. The van der Waals surface area contributed by atoms with Gasteiger partial charge in [0.15, 0.2) is 0 Å². The Kier molecular flexibility index (Phi) is 3.28. The highest BCUT2D eigenvalue weighted by Gasteiger charge is 2.37. The minimum Gasteiger partial charge on any atom is -0.368 e. The van der Waals surface area contributed by atoms with Crippen LogP contribution in [0.1, 0.15) is 31.2 Å². The van der Waals surface area contributed by atoms with Crippen LogP contribution in [0.2, 0.25) is 0 Å². The lowest BCUT2D eigenvalue weighted by atomic mass is 10.2. The highest BCUT2D eigenvalue weighted by molar-refractivity contribution is 5.81. The lowest BCUT2D eigenvalue weighted by Gasteiger charge is -2.25. The second-order valence-corrected chi connectivity index (χ2v) is 5.06. The van der Waals surface area contributed by atoms with Crippen LogP contribution in [0.3, 0.4) is 0 Å². The van der Waals surface area contributed by atoms with Gasteiger partial charge >= 0.3 is 0 Å². The fourth-order valence-electron chi connectivity index (χ4n) is 2.42. The maximum absolute atomic E-state index is 12.4. The van der Waals surface area contributed by atoms with Gasteiger partial charge in [-0.1, -0.05) is 6.07 Å². The van der Waals surface area contributed by atoms with Crippen molar-refractivity contribution in [3.63, 3.8) is 0 Å². The number of carbonyl (C=O) groups is 1. The van der Waals surface area contributed by atoms with Crippen molar-refractivity contribution >= 4 is 5.91 Å². The first kappa shape index (κ1) is 11.7. The Bertz CT molecular complexity index is 411. The lowest BCUT2D eigenvalue weighted by Crippen LogP contribution is -2.39. The summed E-state index contributed by atoms with van der Waals surface area (Å²) in [7, 11) is 0. The Hall–Kier alpha value is -1.42. The van der Waals surface area contributed by atoms with E-state index < -0.39 is 0 Å². The van der Waals surface area contributed by atoms with E-state index in [4.69, 9.17) is 4.74 Å². The first-order valence-electron chi connectivity index (χ1n) is 6.65. The topological polar surface area (TPSA) is 42.4 Å². The minimum atomic E-state index is -0.206. The molecule has 1 aromatic rings. The molecule has 1 unspecified atom stereocenters. The fourth-order valence-corrected chi connectivity index (χ4v) is 2.42. The molecule has 0 bridgehead atoms. The molecule has 18 heavy (non-hydrogen) atoms. The Morgan fingerprint density at radius 3 is 2.94 bits per heavy atom. The summed E-state index contributed by atoms with van der Waals surface area (Å²) in [6.45, 7) is 1.39. The smallest absolute Gasteiger partial charge is 0.252 e. The van der Waals surface area contributed by atoms with E-state index in [9.17, 15) is 4.79 Å². The van der Waals surface area contributed by atoms with E-state index >= 15 is 0 Å². The molecule has 2 aliphatic rings. The van der Waals surface area contributed by atoms with E-state index in [0.717, 1.165) is 37.9 Å². The molecule has 1 saturated carbocycles. The molecule has 1 atom stereocenters. The summed E-state index contributed by atoms with van der Waals surface area (Å²) >= 11 is 0. The van der Waals surface area contributed by atoms with Gasteiger partial charge in [0.05, 0.1) is 0 Å². The monoisotopic (exact) mass is 246 g/mol. The van der Waals surface area contributed by atoms with Crippen LogP contribution in [0.15, 0.2) is 24.5 Å². The molecule has 0 radical (unpaired) electrons. The predicted molar refractivity (Wildman–Crippen MR) is 66.8 cm³/mol. The van der Waals surface area contributed by atoms with Gasteiger partial charge < -0.3 is 9.64 Å². The van der Waals surface area contributed by atoms with Crippen molar-refractivity contribution in [1.82, 2.24) is 9.88 Å². The van der Waals surface area contributed by atoms with Crippen LogP contribution in [0.4, 0.5) is 0 Å². The molecular weight excluding hydrogens is 228 g/mol. The van der Waals surface area contributed by atoms with Crippen LogP contribution in [0.5, 0.6) is 0 Å². The van der Waals surface area contributed by atoms with E-state index in [1.165, 1.54) is 0 Å². The van der Waals surface area contributed by atoms with Gasteiger partial charge in [0, 0.05) is 31.6 Å². The van der Waals surface area contributed by atoms with Gasteiger partial charge in [0.2, 0.25) is 0 Å². The van der Waals surface area contributed by atoms with Crippen molar-refractivity contribution in [2.75, 3.05) is 6.61 Å². The van der Waals surface area contributed by atoms with Gasteiger partial charge in [-0.2, -0.15) is 0 Å². The van der Waals surface area contributed by atoms with Gasteiger partial charge in [-0.25, -0.2) is 0 Å². The van der Waals surface area contributed by atoms with Crippen molar-refractivity contribution in [2.24, 2.45) is 0 Å². The van der Waals surface area contributed by atoms with Crippen LogP contribution in [-0.2, 0) is 16.1 Å². The third-order valence-electron chi connectivity index (χ3n) is 3.55. The van der Waals surface area contributed by atoms with E-state index in [-0.39, 0.29) is 12.0 Å². The number of amides is 1. The van der Waals surface area contributed by atoms with E-state index in [1.54, 1.807) is 6.20 Å². The molecule has 1 aliphatic heterocycles. The summed E-state index contributed by atoms with van der Waals surface area (Å²) in [5.74, 6) is 0.166. The van der Waals surface area contributed by atoms with Gasteiger partial charge in [-0.15, -0.1) is 0 Å². The van der Waals surface area contributed by atoms with Crippen LogP contribution < -0.4 is 0 Å². The second kappa shape index (κ2) is 5.06. The zero-order valence-electron chi connectivity index (χ0n) is 10.4. The van der Waals surface area contributed by atoms with Crippen LogP contribution in [-0.4, -0.2) is 34.5 Å². The van der Waals surface area contributed by atoms with Crippen molar-refractivity contribution < 1.29 is 9.53 Å². The molecule has 1 amide bonds. The molecule has 2 heterocycles. The normalized spacial score (nSPS) is 23.0. The van der Waals surface area contributed by atoms with Crippen molar-refractivity contribution in [1.29, 1.82) is 0 Å². The summed E-state index contributed by atoms with van der Waals surface area (Å²) in [5.41, 5.74) is 1.09. The summed E-state index contributed by atoms with van der Waals surface area (Å²) in [5, 5.41) is 0. The number of carbonyl (C=O) groups excluding carboxylic acids is 1. The van der Waals surface area contributed by atoms with Crippen molar-refractivity contribution in [3.05, 3.63) is 30.1 Å². The molecule has 3 rings (SSSR count). The zero-order valence-corrected chi connectivity index (χ0v) is 10.4. The van der Waals surface area contributed by atoms with Gasteiger partial charge in [-0.3, -0.25) is 9.78 Å². The molecule has 0 N–H and O–H groups in total. The highest BCUT2D eigenvalue weighted by Crippen LogP contribution is 2.30. The first-order chi connectivity index (χ1) is 8.84. The first-order valence-corrected chi connectivity index (χ1v) is 6.65. The van der Waals surface area contributed by atoms with E-state index in [0.29, 0.717) is 12.6 Å². The Balaban J connectivity index is 1.70. The maximum Gasteiger partial charge on any atom is 0.252 e. The number of pyridine rings is 1. The van der Waals surface area contributed by atoms with Crippen molar-refractivity contribution in [2.45, 2.75) is 44.4 Å². The van der Waals surface area contributed by atoms with Gasteiger partial charge in [-0.05, 0) is 37.3 Å². The second-order valence-electron chi connectivity index (χ2n) is 5.06. The number of nitrogens with zero attached hydrogens (tertiary/aromatic N) is 2. The molecule has 0 aromatic carbocycles. The summed E-state index contributed by atoms with van der Waals surface area (Å²) < 4.78 is 5.50. The fraction of sp³-hybridized carbons (Fsp3) is 0.571. The maximum atomic E-state index is 12.4. The third-order valence-corrected chi connectivity index (χ3v) is 3.55. The highest BCUT2D eigenvalue weighted by atomic mass is 16.5. The minimum absolute atomic E-state index is 0.166. The summed E-state index contributed by atoms with van der Waals surface area (Å²) in [6, 6.07) is 4.35. The predicted octanol–water partition coefficient (Wildman–Crippen LogP) is 1.75. The average molecular weight is 246 g/mol. The number of aromatic nitrogens is 1. The van der Waals surface area contributed by atoms with Crippen molar-refractivity contribution in [3.8, 4) is 0 Å². The van der Waals surface area contributed by atoms with Crippen LogP contribution >= 0.6 is 0 Å². The van der Waals surface area contributed by atoms with E-state index in [1.807, 2.05) is 23.2 Å². The number of ether oxygens (including phenoxy) is 1. The molecule has 4 heteroatoms. The Morgan fingerprint density at radius 2 is 2.33 bits per heavy atom.